The molecule has 10 nitrogen and oxygen atoms in total. The predicted octanol–water partition coefficient (Wildman–Crippen LogP) is 4.18. The highest BCUT2D eigenvalue weighted by Crippen LogP contribution is 1.90. The van der Waals surface area contributed by atoms with E-state index >= 15 is 0 Å². The summed E-state index contributed by atoms with van der Waals surface area (Å²) in [6, 6.07) is 0. The van der Waals surface area contributed by atoms with Gasteiger partial charge in [0.15, 0.2) is 0 Å². The lowest BCUT2D eigenvalue weighted by Gasteiger charge is -2.07. The Morgan fingerprint density at radius 2 is 1.13 bits per heavy atom. The Kier molecular flexibility index (Phi) is 41.5. The summed E-state index contributed by atoms with van der Waals surface area (Å²) >= 11 is 0. The molecule has 39 heavy (non-hydrogen) atoms. The fraction of sp³-hybridized carbons (Fsp3) is 0.414. The second-order valence-corrected chi connectivity index (χ2v) is 7.43. The van der Waals surface area contributed by atoms with E-state index in [-0.39, 0.29) is 23.7 Å². The van der Waals surface area contributed by atoms with Crippen molar-refractivity contribution in [2.75, 3.05) is 49.5 Å². The lowest BCUT2D eigenvalue weighted by atomic mass is 10.3. The molecule has 0 aromatic rings. The zero-order valence-corrected chi connectivity index (χ0v) is 26.0. The van der Waals surface area contributed by atoms with E-state index in [0.717, 1.165) is 12.5 Å². The number of methoxy groups -OCH3 is 2. The fourth-order valence-electron chi connectivity index (χ4n) is 0.950. The average Bonchev–Trinajstić information content (AvgIpc) is 2.91. The number of ether oxygens (including phenoxy) is 2. The molecule has 0 aliphatic heterocycles. The molecule has 0 aromatic heterocycles. The van der Waals surface area contributed by atoms with Crippen LogP contribution in [0.3, 0.4) is 0 Å². The molecule has 0 N–H and O–H groups in total. The van der Waals surface area contributed by atoms with Gasteiger partial charge in [-0.15, -0.1) is 6.58 Å². The van der Waals surface area contributed by atoms with Gasteiger partial charge in [-0.2, -0.15) is 0 Å². The van der Waals surface area contributed by atoms with Gasteiger partial charge in [-0.1, -0.05) is 45.9 Å². The van der Waals surface area contributed by atoms with Crippen LogP contribution in [0, 0.1) is 0 Å². The zero-order valence-electron chi connectivity index (χ0n) is 26.0. The van der Waals surface area contributed by atoms with Gasteiger partial charge in [-0.25, -0.2) is 9.59 Å². The third-order valence-electron chi connectivity index (χ3n) is 3.35. The minimum atomic E-state index is -0.394. The molecule has 0 saturated carbocycles. The molecule has 0 aromatic carbocycles. The molecule has 0 aliphatic rings. The summed E-state index contributed by atoms with van der Waals surface area (Å²) in [6.07, 6.45) is 6.82. The van der Waals surface area contributed by atoms with Gasteiger partial charge in [0.1, 0.15) is 0 Å². The first-order chi connectivity index (χ1) is 17.8. The van der Waals surface area contributed by atoms with Crippen molar-refractivity contribution in [3.8, 4) is 0 Å². The molecule has 0 rings (SSSR count). The second-order valence-electron chi connectivity index (χ2n) is 7.43. The van der Waals surface area contributed by atoms with Gasteiger partial charge >= 0.3 is 11.9 Å². The van der Waals surface area contributed by atoms with Gasteiger partial charge in [-0.3, -0.25) is 14.4 Å². The van der Waals surface area contributed by atoms with Crippen LogP contribution in [0.2, 0.25) is 0 Å². The van der Waals surface area contributed by atoms with Crippen molar-refractivity contribution >= 4 is 29.7 Å². The van der Waals surface area contributed by atoms with Crippen LogP contribution >= 0.6 is 0 Å². The Balaban J connectivity index is -0.0000000846. The van der Waals surface area contributed by atoms with Gasteiger partial charge in [-0.05, 0) is 32.5 Å². The van der Waals surface area contributed by atoms with Crippen LogP contribution in [0.1, 0.15) is 34.1 Å². The number of esters is 2. The van der Waals surface area contributed by atoms with Crippen LogP contribution in [0.5, 0.6) is 0 Å². The molecule has 0 heterocycles. The number of carbonyl (C=O) groups excluding carboxylic acids is 5. The van der Waals surface area contributed by atoms with Gasteiger partial charge < -0.3 is 24.2 Å². The minimum Gasteiger partial charge on any atom is -0.466 e. The maximum absolute atomic E-state index is 10.7. The van der Waals surface area contributed by atoms with E-state index in [4.69, 9.17) is 0 Å². The van der Waals surface area contributed by atoms with E-state index in [1.165, 1.54) is 48.1 Å². The largest absolute Gasteiger partial charge is 0.466 e. The topological polar surface area (TPSA) is 114 Å². The third-order valence-corrected chi connectivity index (χ3v) is 3.35. The minimum absolute atomic E-state index is 0.00926. The summed E-state index contributed by atoms with van der Waals surface area (Å²) in [5, 5.41) is 0. The van der Waals surface area contributed by atoms with Crippen LogP contribution in [0.4, 0.5) is 0 Å². The Bertz CT molecular complexity index is 797. The van der Waals surface area contributed by atoms with Crippen molar-refractivity contribution in [1.29, 1.82) is 0 Å². The van der Waals surface area contributed by atoms with Gasteiger partial charge in [0.2, 0.25) is 17.7 Å². The summed E-state index contributed by atoms with van der Waals surface area (Å²) in [7, 11) is 11.1. The molecule has 0 spiro atoms. The van der Waals surface area contributed by atoms with Crippen LogP contribution in [-0.4, -0.2) is 93.8 Å². The molecule has 0 atom stereocenters. The number of rotatable bonds is 6. The molecular formula is C29H51N3O7. The van der Waals surface area contributed by atoms with Crippen molar-refractivity contribution in [1.82, 2.24) is 14.7 Å². The van der Waals surface area contributed by atoms with E-state index in [9.17, 15) is 24.0 Å². The van der Waals surface area contributed by atoms with Gasteiger partial charge in [0.25, 0.3) is 0 Å². The summed E-state index contributed by atoms with van der Waals surface area (Å²) in [5.41, 5.74) is 1.01. The van der Waals surface area contributed by atoms with Gasteiger partial charge in [0, 0.05) is 59.4 Å². The fourth-order valence-corrected chi connectivity index (χ4v) is 0.950. The highest BCUT2D eigenvalue weighted by Gasteiger charge is 2.01. The first kappa shape index (κ1) is 47.9. The molecule has 3 amide bonds. The average molecular weight is 554 g/mol. The molecule has 0 aliphatic carbocycles. The smallest absolute Gasteiger partial charge is 0.332 e. The SMILES string of the molecule is C=C(C)C(=O)N(C)C.C=C(C)C(=O)OC.C=CC(=O)N(C)C.C=CC(=O)OC.C=CCC.C=CN(C)C(C)=O. The maximum atomic E-state index is 10.7. The first-order valence-electron chi connectivity index (χ1n) is 11.4. The summed E-state index contributed by atoms with van der Waals surface area (Å²) < 4.78 is 8.42. The van der Waals surface area contributed by atoms with E-state index in [1.807, 2.05) is 6.08 Å². The van der Waals surface area contributed by atoms with Crippen molar-refractivity contribution in [2.45, 2.75) is 34.1 Å². The normalized spacial score (nSPS) is 7.56. The zero-order chi connectivity index (χ0) is 32.7. The molecule has 0 saturated heterocycles. The summed E-state index contributed by atoms with van der Waals surface area (Å²) in [5.74, 6) is -0.796. The molecule has 0 radical (unpaired) electrons. The Morgan fingerprint density at radius 1 is 0.718 bits per heavy atom. The Morgan fingerprint density at radius 3 is 1.13 bits per heavy atom. The highest BCUT2D eigenvalue weighted by molar-refractivity contribution is 5.91. The van der Waals surface area contributed by atoms with Crippen molar-refractivity contribution in [2.24, 2.45) is 0 Å². The van der Waals surface area contributed by atoms with Crippen molar-refractivity contribution in [3.05, 3.63) is 75.0 Å². The summed E-state index contributed by atoms with van der Waals surface area (Å²) in [6.45, 7) is 27.0. The number of carbonyl (C=O) groups is 5. The van der Waals surface area contributed by atoms with Crippen LogP contribution in [0.25, 0.3) is 0 Å². The maximum Gasteiger partial charge on any atom is 0.332 e. The Hall–Kier alpha value is -4.21. The predicted molar refractivity (Wildman–Crippen MR) is 161 cm³/mol. The molecular weight excluding hydrogens is 502 g/mol. The number of allylic oxidation sites excluding steroid dienone is 1. The highest BCUT2D eigenvalue weighted by atomic mass is 16.5. The van der Waals surface area contributed by atoms with Crippen molar-refractivity contribution < 1.29 is 33.4 Å². The molecule has 224 valence electrons. The lowest BCUT2D eigenvalue weighted by molar-refractivity contribution is -0.136. The summed E-state index contributed by atoms with van der Waals surface area (Å²) in [4.78, 5) is 55.6. The molecule has 0 fully saturated rings. The second kappa shape index (κ2) is 33.8. The van der Waals surface area contributed by atoms with E-state index in [0.29, 0.717) is 11.1 Å². The number of amides is 3. The molecule has 0 unspecified atom stereocenters. The number of hydrogen-bond acceptors (Lipinski definition) is 7. The third kappa shape index (κ3) is 47.6. The van der Waals surface area contributed by atoms with E-state index < -0.39 is 5.97 Å². The first-order valence-corrected chi connectivity index (χ1v) is 11.4. The lowest BCUT2D eigenvalue weighted by Crippen LogP contribution is -2.21. The number of nitrogens with zero attached hydrogens (tertiary/aromatic N) is 3. The van der Waals surface area contributed by atoms with Crippen LogP contribution in [0.15, 0.2) is 75.0 Å². The van der Waals surface area contributed by atoms with Crippen LogP contribution in [-0.2, 0) is 33.4 Å². The quantitative estimate of drug-likeness (QED) is 0.275. The Labute approximate surface area is 236 Å². The standard InChI is InChI=1S/C6H11NO.2C5H9NO.C5H8O2.C4H6O2.C4H8/c1-5(2)6(8)7(3)4;1-4-5(7)6(2)3;1-4-6(3)5(2)7;1-4(2)5(6)7-3;1-3-4(5)6-2;1-3-4-2/h1H2,2-4H3;2*4H,1H2,2-3H3;1H2,2-3H3;3H,1H2,2H3;3H,1,4H2,2H3. The number of hydrogen-bond donors (Lipinski definition) is 0. The van der Waals surface area contributed by atoms with Gasteiger partial charge in [0.05, 0.1) is 14.2 Å². The number of likely N-dealkylation sites (N-methyl/N-ethyl adjacent to an activating group) is 2. The van der Waals surface area contributed by atoms with Crippen LogP contribution < -0.4 is 0 Å². The van der Waals surface area contributed by atoms with E-state index in [1.54, 1.807) is 49.1 Å². The molecule has 0 bridgehead atoms. The molecule has 10 heteroatoms. The van der Waals surface area contributed by atoms with E-state index in [2.05, 4.69) is 55.9 Å². The monoisotopic (exact) mass is 553 g/mol. The van der Waals surface area contributed by atoms with Crippen molar-refractivity contribution in [3.63, 3.8) is 0 Å².